The molecule has 0 spiro atoms. The van der Waals surface area contributed by atoms with E-state index in [0.717, 1.165) is 38.4 Å². The van der Waals surface area contributed by atoms with Crippen LogP contribution in [0.5, 0.6) is 0 Å². The number of esters is 1. The summed E-state index contributed by atoms with van der Waals surface area (Å²) in [4.78, 5) is 18.4. The van der Waals surface area contributed by atoms with Crippen molar-refractivity contribution in [2.24, 2.45) is 10.9 Å². The summed E-state index contributed by atoms with van der Waals surface area (Å²) in [6, 6.07) is 2.17. The summed E-state index contributed by atoms with van der Waals surface area (Å²) in [5.74, 6) is 1.36. The van der Waals surface area contributed by atoms with Gasteiger partial charge in [0.15, 0.2) is 5.96 Å². The average Bonchev–Trinajstić information content (AvgIpc) is 3.10. The number of nitrogens with one attached hydrogen (secondary N) is 1. The van der Waals surface area contributed by atoms with Crippen LogP contribution >= 0.6 is 11.3 Å². The maximum Gasteiger partial charge on any atom is 0.309 e. The maximum atomic E-state index is 11.8. The minimum Gasteiger partial charge on any atom is -0.466 e. The Balaban J connectivity index is 1.80. The van der Waals surface area contributed by atoms with Gasteiger partial charge in [-0.05, 0) is 48.1 Å². The Kier molecular flexibility index (Phi) is 6.89. The lowest BCUT2D eigenvalue weighted by atomic mass is 9.97. The molecule has 2 heterocycles. The van der Waals surface area contributed by atoms with Gasteiger partial charge in [-0.1, -0.05) is 6.92 Å². The first kappa shape index (κ1) is 17.8. The van der Waals surface area contributed by atoms with Crippen molar-refractivity contribution >= 4 is 23.3 Å². The highest BCUT2D eigenvalue weighted by atomic mass is 32.1. The van der Waals surface area contributed by atoms with Crippen LogP contribution in [-0.4, -0.2) is 50.1 Å². The minimum atomic E-state index is -0.0545. The topological polar surface area (TPSA) is 53.9 Å². The number of hydrogen-bond acceptors (Lipinski definition) is 4. The van der Waals surface area contributed by atoms with E-state index in [4.69, 9.17) is 4.74 Å². The molecule has 23 heavy (non-hydrogen) atoms. The van der Waals surface area contributed by atoms with Crippen molar-refractivity contribution < 1.29 is 9.53 Å². The van der Waals surface area contributed by atoms with Gasteiger partial charge in [0.25, 0.3) is 0 Å². The smallest absolute Gasteiger partial charge is 0.309 e. The van der Waals surface area contributed by atoms with Gasteiger partial charge in [-0.3, -0.25) is 9.79 Å². The third-order valence-electron chi connectivity index (χ3n) is 4.30. The molecule has 0 aliphatic carbocycles. The zero-order valence-corrected chi connectivity index (χ0v) is 15.1. The third-order valence-corrected chi connectivity index (χ3v) is 5.01. The van der Waals surface area contributed by atoms with Crippen LogP contribution in [-0.2, 0) is 9.53 Å². The summed E-state index contributed by atoms with van der Waals surface area (Å²) in [6.45, 7) is 7.08. The summed E-state index contributed by atoms with van der Waals surface area (Å²) in [7, 11) is 1.81. The first-order valence-electron chi connectivity index (χ1n) is 8.30. The normalized spacial score (nSPS) is 17.9. The molecule has 1 aromatic rings. The Bertz CT molecular complexity index is 508. The van der Waals surface area contributed by atoms with Crippen LogP contribution < -0.4 is 5.32 Å². The molecule has 1 aliphatic rings. The molecule has 1 aromatic heterocycles. The van der Waals surface area contributed by atoms with Crippen LogP contribution in [0.3, 0.4) is 0 Å². The molecule has 0 saturated carbocycles. The van der Waals surface area contributed by atoms with E-state index in [-0.39, 0.29) is 11.9 Å². The molecule has 1 aliphatic heterocycles. The van der Waals surface area contributed by atoms with E-state index in [1.807, 2.05) is 14.0 Å². The molecular formula is C17H27N3O2S. The first-order valence-corrected chi connectivity index (χ1v) is 9.24. The highest BCUT2D eigenvalue weighted by Crippen LogP contribution is 2.20. The zero-order valence-electron chi connectivity index (χ0n) is 14.2. The highest BCUT2D eigenvalue weighted by molar-refractivity contribution is 7.07. The number of carbonyl (C=O) groups excluding carboxylic acids is 1. The second kappa shape index (κ2) is 8.91. The van der Waals surface area contributed by atoms with Crippen molar-refractivity contribution in [3.63, 3.8) is 0 Å². The standard InChI is InChI=1S/C17H27N3O2S/c1-4-22-16(21)14-5-8-20(9-6-14)17(18-3)19-11-13(2)15-7-10-23-12-15/h7,10,12-14H,4-6,8-9,11H2,1-3H3,(H,18,19). The molecule has 0 aromatic carbocycles. The van der Waals surface area contributed by atoms with E-state index in [2.05, 4.69) is 39.0 Å². The molecular weight excluding hydrogens is 310 g/mol. The number of rotatable bonds is 5. The Labute approximate surface area is 142 Å². The van der Waals surface area contributed by atoms with E-state index in [9.17, 15) is 4.79 Å². The molecule has 0 radical (unpaired) electrons. The average molecular weight is 337 g/mol. The second-order valence-electron chi connectivity index (χ2n) is 5.90. The quantitative estimate of drug-likeness (QED) is 0.510. The number of ether oxygens (including phenoxy) is 1. The fourth-order valence-corrected chi connectivity index (χ4v) is 3.62. The molecule has 1 fully saturated rings. The van der Waals surface area contributed by atoms with Crippen LogP contribution in [0.1, 0.15) is 38.2 Å². The van der Waals surface area contributed by atoms with Crippen LogP contribution in [0.15, 0.2) is 21.8 Å². The Morgan fingerprint density at radius 1 is 1.52 bits per heavy atom. The van der Waals surface area contributed by atoms with E-state index in [1.165, 1.54) is 5.56 Å². The van der Waals surface area contributed by atoms with Gasteiger partial charge in [0.05, 0.1) is 12.5 Å². The van der Waals surface area contributed by atoms with Crippen LogP contribution in [0.2, 0.25) is 0 Å². The van der Waals surface area contributed by atoms with Crippen LogP contribution in [0, 0.1) is 5.92 Å². The molecule has 1 unspecified atom stereocenters. The van der Waals surface area contributed by atoms with Gasteiger partial charge in [-0.15, -0.1) is 0 Å². The Hall–Kier alpha value is -1.56. The number of thiophene rings is 1. The van der Waals surface area contributed by atoms with Gasteiger partial charge in [0.2, 0.25) is 0 Å². The van der Waals surface area contributed by atoms with E-state index in [1.54, 1.807) is 11.3 Å². The summed E-state index contributed by atoms with van der Waals surface area (Å²) in [5, 5.41) is 7.77. The van der Waals surface area contributed by atoms with Crippen molar-refractivity contribution in [3.8, 4) is 0 Å². The van der Waals surface area contributed by atoms with Gasteiger partial charge < -0.3 is 15.0 Å². The number of carbonyl (C=O) groups is 1. The van der Waals surface area contributed by atoms with Crippen LogP contribution in [0.4, 0.5) is 0 Å². The molecule has 0 bridgehead atoms. The van der Waals surface area contributed by atoms with E-state index < -0.39 is 0 Å². The number of likely N-dealkylation sites (tertiary alicyclic amines) is 1. The molecule has 5 nitrogen and oxygen atoms in total. The van der Waals surface area contributed by atoms with Crippen molar-refractivity contribution in [1.82, 2.24) is 10.2 Å². The number of hydrogen-bond donors (Lipinski definition) is 1. The molecule has 128 valence electrons. The van der Waals surface area contributed by atoms with Crippen LogP contribution in [0.25, 0.3) is 0 Å². The van der Waals surface area contributed by atoms with Gasteiger partial charge in [-0.25, -0.2) is 0 Å². The van der Waals surface area contributed by atoms with Crippen molar-refractivity contribution in [2.75, 3.05) is 33.3 Å². The Morgan fingerprint density at radius 2 is 2.26 bits per heavy atom. The van der Waals surface area contributed by atoms with E-state index in [0.29, 0.717) is 12.5 Å². The monoisotopic (exact) mass is 337 g/mol. The predicted octanol–water partition coefficient (Wildman–Crippen LogP) is 2.70. The largest absolute Gasteiger partial charge is 0.466 e. The van der Waals surface area contributed by atoms with Gasteiger partial charge >= 0.3 is 5.97 Å². The van der Waals surface area contributed by atoms with Gasteiger partial charge in [-0.2, -0.15) is 11.3 Å². The number of guanidine groups is 1. The minimum absolute atomic E-state index is 0.0361. The molecule has 2 rings (SSSR count). The lowest BCUT2D eigenvalue weighted by Crippen LogP contribution is -2.47. The fraction of sp³-hybridized carbons (Fsp3) is 0.647. The summed E-state index contributed by atoms with van der Waals surface area (Å²) in [6.07, 6.45) is 1.67. The highest BCUT2D eigenvalue weighted by Gasteiger charge is 2.27. The number of nitrogens with zero attached hydrogens (tertiary/aromatic N) is 2. The zero-order chi connectivity index (χ0) is 16.7. The summed E-state index contributed by atoms with van der Waals surface area (Å²) >= 11 is 1.73. The molecule has 1 atom stereocenters. The van der Waals surface area contributed by atoms with E-state index >= 15 is 0 Å². The Morgan fingerprint density at radius 3 is 2.83 bits per heavy atom. The van der Waals surface area contributed by atoms with Gasteiger partial charge in [0, 0.05) is 26.7 Å². The number of aliphatic imine (C=N–C) groups is 1. The predicted molar refractivity (Wildman–Crippen MR) is 95.0 cm³/mol. The maximum absolute atomic E-state index is 11.8. The first-order chi connectivity index (χ1) is 11.2. The summed E-state index contributed by atoms with van der Waals surface area (Å²) < 4.78 is 5.12. The fourth-order valence-electron chi connectivity index (χ4n) is 2.84. The van der Waals surface area contributed by atoms with Gasteiger partial charge in [0.1, 0.15) is 0 Å². The summed E-state index contributed by atoms with van der Waals surface area (Å²) in [5.41, 5.74) is 1.36. The van der Waals surface area contributed by atoms with Crippen molar-refractivity contribution in [1.29, 1.82) is 0 Å². The third kappa shape index (κ3) is 4.96. The molecule has 0 amide bonds. The second-order valence-corrected chi connectivity index (χ2v) is 6.68. The molecule has 6 heteroatoms. The van der Waals surface area contributed by atoms with Crippen molar-refractivity contribution in [3.05, 3.63) is 22.4 Å². The molecule has 1 N–H and O–H groups in total. The molecule has 1 saturated heterocycles. The lowest BCUT2D eigenvalue weighted by Gasteiger charge is -2.33. The SMILES string of the molecule is CCOC(=O)C1CCN(C(=NC)NCC(C)c2ccsc2)CC1. The lowest BCUT2D eigenvalue weighted by molar-refractivity contribution is -0.149. The number of piperidine rings is 1. The van der Waals surface area contributed by atoms with Crippen molar-refractivity contribution in [2.45, 2.75) is 32.6 Å².